The molecule has 0 saturated carbocycles. The molecule has 0 aliphatic carbocycles. The maximum absolute atomic E-state index is 13.9. The van der Waals surface area contributed by atoms with Crippen LogP contribution in [-0.4, -0.2) is 30.9 Å². The molecular weight excluding hydrogens is 339 g/mol. The SMILES string of the molecule is CCOC(=O)c1ccc(NC(=O)CN(C(C)=O)c2ccccc2F)cc1. The first-order valence-electron chi connectivity index (χ1n) is 8.02. The van der Waals surface area contributed by atoms with E-state index < -0.39 is 23.6 Å². The summed E-state index contributed by atoms with van der Waals surface area (Å²) in [6.45, 7) is 2.90. The van der Waals surface area contributed by atoms with Gasteiger partial charge in [-0.15, -0.1) is 0 Å². The van der Waals surface area contributed by atoms with E-state index >= 15 is 0 Å². The zero-order valence-corrected chi connectivity index (χ0v) is 14.5. The van der Waals surface area contributed by atoms with Crippen LogP contribution < -0.4 is 10.2 Å². The Morgan fingerprint density at radius 3 is 2.31 bits per heavy atom. The number of nitrogens with zero attached hydrogens (tertiary/aromatic N) is 1. The molecule has 0 aliphatic heterocycles. The molecule has 1 N–H and O–H groups in total. The fraction of sp³-hybridized carbons (Fsp3) is 0.211. The van der Waals surface area contributed by atoms with E-state index in [1.165, 1.54) is 37.3 Å². The van der Waals surface area contributed by atoms with Gasteiger partial charge in [-0.05, 0) is 43.3 Å². The first-order valence-corrected chi connectivity index (χ1v) is 8.02. The minimum Gasteiger partial charge on any atom is -0.462 e. The van der Waals surface area contributed by atoms with Crippen LogP contribution in [-0.2, 0) is 14.3 Å². The lowest BCUT2D eigenvalue weighted by Crippen LogP contribution is -2.37. The first-order chi connectivity index (χ1) is 12.4. The van der Waals surface area contributed by atoms with Gasteiger partial charge in [-0.3, -0.25) is 9.59 Å². The third-order valence-corrected chi connectivity index (χ3v) is 3.50. The third-order valence-electron chi connectivity index (χ3n) is 3.50. The van der Waals surface area contributed by atoms with Gasteiger partial charge >= 0.3 is 5.97 Å². The van der Waals surface area contributed by atoms with Crippen molar-refractivity contribution >= 4 is 29.2 Å². The quantitative estimate of drug-likeness (QED) is 0.806. The molecule has 2 amide bonds. The van der Waals surface area contributed by atoms with Crippen molar-refractivity contribution in [3.63, 3.8) is 0 Å². The van der Waals surface area contributed by atoms with E-state index in [0.717, 1.165) is 4.90 Å². The van der Waals surface area contributed by atoms with Crippen LogP contribution in [0.2, 0.25) is 0 Å². The smallest absolute Gasteiger partial charge is 0.338 e. The van der Waals surface area contributed by atoms with Gasteiger partial charge in [-0.25, -0.2) is 9.18 Å². The number of esters is 1. The van der Waals surface area contributed by atoms with Crippen molar-refractivity contribution in [2.45, 2.75) is 13.8 Å². The number of carbonyl (C=O) groups excluding carboxylic acids is 3. The maximum Gasteiger partial charge on any atom is 0.338 e. The van der Waals surface area contributed by atoms with E-state index in [1.54, 1.807) is 25.1 Å². The third kappa shape index (κ3) is 4.89. The molecule has 26 heavy (non-hydrogen) atoms. The molecule has 0 unspecified atom stereocenters. The normalized spacial score (nSPS) is 10.1. The largest absolute Gasteiger partial charge is 0.462 e. The second kappa shape index (κ2) is 8.75. The molecule has 0 aromatic heterocycles. The first kappa shape index (κ1) is 19.1. The van der Waals surface area contributed by atoms with E-state index in [4.69, 9.17) is 4.74 Å². The van der Waals surface area contributed by atoms with Crippen LogP contribution >= 0.6 is 0 Å². The van der Waals surface area contributed by atoms with Crippen LogP contribution in [0.15, 0.2) is 48.5 Å². The number of carbonyl (C=O) groups is 3. The number of halogens is 1. The summed E-state index contributed by atoms with van der Waals surface area (Å²) in [7, 11) is 0. The van der Waals surface area contributed by atoms with E-state index in [-0.39, 0.29) is 18.8 Å². The van der Waals surface area contributed by atoms with E-state index in [2.05, 4.69) is 5.32 Å². The highest BCUT2D eigenvalue weighted by atomic mass is 19.1. The van der Waals surface area contributed by atoms with E-state index in [1.807, 2.05) is 0 Å². The zero-order chi connectivity index (χ0) is 19.1. The van der Waals surface area contributed by atoms with Crippen LogP contribution in [0.4, 0.5) is 15.8 Å². The predicted molar refractivity (Wildman–Crippen MR) is 95.5 cm³/mol. The van der Waals surface area contributed by atoms with Gasteiger partial charge in [0.25, 0.3) is 0 Å². The second-order valence-electron chi connectivity index (χ2n) is 5.40. The van der Waals surface area contributed by atoms with Crippen LogP contribution in [0.3, 0.4) is 0 Å². The molecule has 136 valence electrons. The Kier molecular flexibility index (Phi) is 6.43. The van der Waals surface area contributed by atoms with Crippen molar-refractivity contribution < 1.29 is 23.5 Å². The monoisotopic (exact) mass is 358 g/mol. The fourth-order valence-corrected chi connectivity index (χ4v) is 2.28. The van der Waals surface area contributed by atoms with E-state index in [0.29, 0.717) is 11.3 Å². The Morgan fingerprint density at radius 1 is 1.08 bits per heavy atom. The molecule has 0 aliphatic rings. The number of rotatable bonds is 6. The lowest BCUT2D eigenvalue weighted by Gasteiger charge is -2.21. The molecule has 0 spiro atoms. The van der Waals surface area contributed by atoms with E-state index in [9.17, 15) is 18.8 Å². The predicted octanol–water partition coefficient (Wildman–Crippen LogP) is 2.99. The minimum absolute atomic E-state index is 0.0350. The summed E-state index contributed by atoms with van der Waals surface area (Å²) in [5.74, 6) is -1.99. The van der Waals surface area contributed by atoms with Gasteiger partial charge in [0.1, 0.15) is 12.4 Å². The summed E-state index contributed by atoms with van der Waals surface area (Å²) in [5, 5.41) is 2.61. The summed E-state index contributed by atoms with van der Waals surface area (Å²) < 4.78 is 18.8. The second-order valence-corrected chi connectivity index (χ2v) is 5.40. The Hall–Kier alpha value is -3.22. The van der Waals surface area contributed by atoms with Crippen molar-refractivity contribution in [2.24, 2.45) is 0 Å². The van der Waals surface area contributed by atoms with Gasteiger partial charge < -0.3 is 15.0 Å². The fourth-order valence-electron chi connectivity index (χ4n) is 2.28. The molecule has 0 atom stereocenters. The summed E-state index contributed by atoms with van der Waals surface area (Å²) in [5.41, 5.74) is 0.842. The Morgan fingerprint density at radius 2 is 1.73 bits per heavy atom. The number of benzene rings is 2. The van der Waals surface area contributed by atoms with Gasteiger partial charge in [0.2, 0.25) is 11.8 Å². The van der Waals surface area contributed by atoms with Crippen LogP contribution in [0.25, 0.3) is 0 Å². The average Bonchev–Trinajstić information content (AvgIpc) is 2.61. The van der Waals surface area contributed by atoms with Gasteiger partial charge in [0, 0.05) is 12.6 Å². The molecule has 2 aromatic rings. The molecule has 0 radical (unpaired) electrons. The molecule has 0 bridgehead atoms. The summed E-state index contributed by atoms with van der Waals surface area (Å²) >= 11 is 0. The minimum atomic E-state index is -0.589. The molecule has 0 heterocycles. The molecule has 0 saturated heterocycles. The highest BCUT2D eigenvalue weighted by Crippen LogP contribution is 2.19. The standard InChI is InChI=1S/C19H19FN2O4/c1-3-26-19(25)14-8-10-15(11-9-14)21-18(24)12-22(13(2)23)17-7-5-4-6-16(17)20/h4-11H,3,12H2,1-2H3,(H,21,24). The molecular formula is C19H19FN2O4. The lowest BCUT2D eigenvalue weighted by molar-refractivity contribution is -0.120. The number of anilines is 2. The number of ether oxygens (including phenoxy) is 1. The van der Waals surface area contributed by atoms with Crippen molar-refractivity contribution in [1.29, 1.82) is 0 Å². The average molecular weight is 358 g/mol. The van der Waals surface area contributed by atoms with Gasteiger partial charge in [-0.2, -0.15) is 0 Å². The lowest BCUT2D eigenvalue weighted by atomic mass is 10.2. The van der Waals surface area contributed by atoms with Gasteiger partial charge in [-0.1, -0.05) is 12.1 Å². The number of amides is 2. The summed E-state index contributed by atoms with van der Waals surface area (Å²) in [6, 6.07) is 11.9. The molecule has 7 heteroatoms. The Balaban J connectivity index is 2.06. The highest BCUT2D eigenvalue weighted by molar-refractivity contribution is 6.02. The number of nitrogens with one attached hydrogen (secondary N) is 1. The van der Waals surface area contributed by atoms with Gasteiger partial charge in [0.05, 0.1) is 17.9 Å². The number of para-hydroxylation sites is 1. The van der Waals surface area contributed by atoms with Crippen molar-refractivity contribution in [2.75, 3.05) is 23.4 Å². The molecule has 2 aromatic carbocycles. The molecule has 0 fully saturated rings. The molecule has 2 rings (SSSR count). The van der Waals surface area contributed by atoms with Crippen LogP contribution in [0.5, 0.6) is 0 Å². The Bertz CT molecular complexity index is 805. The summed E-state index contributed by atoms with van der Waals surface area (Å²) in [4.78, 5) is 36.7. The van der Waals surface area contributed by atoms with Crippen molar-refractivity contribution in [1.82, 2.24) is 0 Å². The van der Waals surface area contributed by atoms with Crippen LogP contribution in [0, 0.1) is 5.82 Å². The van der Waals surface area contributed by atoms with Crippen LogP contribution in [0.1, 0.15) is 24.2 Å². The highest BCUT2D eigenvalue weighted by Gasteiger charge is 2.19. The van der Waals surface area contributed by atoms with Crippen molar-refractivity contribution in [3.8, 4) is 0 Å². The zero-order valence-electron chi connectivity index (χ0n) is 14.5. The van der Waals surface area contributed by atoms with Gasteiger partial charge in [0.15, 0.2) is 0 Å². The number of hydrogen-bond donors (Lipinski definition) is 1. The summed E-state index contributed by atoms with van der Waals surface area (Å²) in [6.07, 6.45) is 0. The van der Waals surface area contributed by atoms with Crippen molar-refractivity contribution in [3.05, 3.63) is 59.9 Å². The molecule has 6 nitrogen and oxygen atoms in total. The maximum atomic E-state index is 13.9. The topological polar surface area (TPSA) is 75.7 Å². The number of hydrogen-bond acceptors (Lipinski definition) is 4. The Labute approximate surface area is 150 Å².